The van der Waals surface area contributed by atoms with Crippen molar-refractivity contribution in [3.8, 4) is 0 Å². The predicted octanol–water partition coefficient (Wildman–Crippen LogP) is 4.67. The van der Waals surface area contributed by atoms with Crippen LogP contribution in [0.25, 0.3) is 0 Å². The largest absolute Gasteiger partial charge is 0.441 e. The van der Waals surface area contributed by atoms with E-state index in [0.29, 0.717) is 6.29 Å². The lowest BCUT2D eigenvalue weighted by Crippen LogP contribution is -2.35. The number of carbonyl (C=O) groups excluding carboxylic acids is 2. The standard InChI is InChI=1S/C24H20O3/c1-19(17-18-25)23(26)27-24(20-11-5-2-6-12-20,21-13-7-3-8-14-21)22-15-9-4-10-16-22/h2-18H,1H3. The average molecular weight is 356 g/mol. The molecule has 3 rings (SSSR count). The number of allylic oxidation sites excluding steroid dienone is 1. The quantitative estimate of drug-likeness (QED) is 0.279. The summed E-state index contributed by atoms with van der Waals surface area (Å²) in [5.41, 5.74) is 1.61. The van der Waals surface area contributed by atoms with Gasteiger partial charge in [-0.1, -0.05) is 91.0 Å². The normalized spacial score (nSPS) is 11.7. The first kappa shape index (κ1) is 18.3. The number of aldehydes is 1. The molecular formula is C24H20O3. The summed E-state index contributed by atoms with van der Waals surface area (Å²) in [5, 5.41) is 0. The summed E-state index contributed by atoms with van der Waals surface area (Å²) in [4.78, 5) is 23.6. The lowest BCUT2D eigenvalue weighted by atomic mass is 9.80. The molecule has 0 radical (unpaired) electrons. The lowest BCUT2D eigenvalue weighted by molar-refractivity contribution is -0.148. The van der Waals surface area contributed by atoms with Gasteiger partial charge in [-0.05, 0) is 13.0 Å². The Morgan fingerprint density at radius 2 is 1.11 bits per heavy atom. The van der Waals surface area contributed by atoms with Crippen molar-refractivity contribution in [3.05, 3.63) is 119 Å². The van der Waals surface area contributed by atoms with E-state index in [1.807, 2.05) is 91.0 Å². The van der Waals surface area contributed by atoms with E-state index in [1.165, 1.54) is 6.08 Å². The molecule has 0 unspecified atom stereocenters. The van der Waals surface area contributed by atoms with Gasteiger partial charge in [0.15, 0.2) is 5.60 Å². The SMILES string of the molecule is CC(=CC=O)C(=O)OC(c1ccccc1)(c1ccccc1)c1ccccc1. The molecule has 0 saturated carbocycles. The molecule has 0 aliphatic rings. The van der Waals surface area contributed by atoms with Crippen LogP contribution in [0.2, 0.25) is 0 Å². The second-order valence-corrected chi connectivity index (χ2v) is 6.15. The van der Waals surface area contributed by atoms with Crippen molar-refractivity contribution in [3.63, 3.8) is 0 Å². The van der Waals surface area contributed by atoms with Crippen molar-refractivity contribution in [1.29, 1.82) is 0 Å². The molecule has 0 heterocycles. The Hall–Kier alpha value is -3.46. The molecule has 27 heavy (non-hydrogen) atoms. The first-order chi connectivity index (χ1) is 13.2. The average Bonchev–Trinajstić information content (AvgIpc) is 2.74. The zero-order chi connectivity index (χ0) is 19.1. The molecule has 3 heteroatoms. The van der Waals surface area contributed by atoms with Crippen molar-refractivity contribution < 1.29 is 14.3 Å². The molecule has 0 N–H and O–H groups in total. The van der Waals surface area contributed by atoms with E-state index in [0.717, 1.165) is 16.7 Å². The van der Waals surface area contributed by atoms with Gasteiger partial charge in [-0.15, -0.1) is 0 Å². The molecular weight excluding hydrogens is 336 g/mol. The Morgan fingerprint density at radius 1 is 0.741 bits per heavy atom. The van der Waals surface area contributed by atoms with Gasteiger partial charge in [0.25, 0.3) is 0 Å². The lowest BCUT2D eigenvalue weighted by Gasteiger charge is -2.35. The molecule has 0 bridgehead atoms. The van der Waals surface area contributed by atoms with E-state index in [1.54, 1.807) is 6.92 Å². The summed E-state index contributed by atoms with van der Waals surface area (Å²) in [6, 6.07) is 28.9. The van der Waals surface area contributed by atoms with Crippen molar-refractivity contribution in [2.75, 3.05) is 0 Å². The monoisotopic (exact) mass is 356 g/mol. The van der Waals surface area contributed by atoms with Gasteiger partial charge >= 0.3 is 5.97 Å². The zero-order valence-electron chi connectivity index (χ0n) is 15.0. The fourth-order valence-corrected chi connectivity index (χ4v) is 3.09. The van der Waals surface area contributed by atoms with E-state index < -0.39 is 11.6 Å². The zero-order valence-corrected chi connectivity index (χ0v) is 15.0. The molecule has 0 amide bonds. The highest BCUT2D eigenvalue weighted by molar-refractivity contribution is 5.92. The van der Waals surface area contributed by atoms with Gasteiger partial charge in [-0.3, -0.25) is 4.79 Å². The Bertz CT molecular complexity index is 832. The second-order valence-electron chi connectivity index (χ2n) is 6.15. The van der Waals surface area contributed by atoms with Crippen LogP contribution in [0.4, 0.5) is 0 Å². The summed E-state index contributed by atoms with van der Waals surface area (Å²) in [6.45, 7) is 1.57. The van der Waals surface area contributed by atoms with Gasteiger partial charge < -0.3 is 4.74 Å². The van der Waals surface area contributed by atoms with Crippen LogP contribution in [0.1, 0.15) is 23.6 Å². The molecule has 0 aromatic heterocycles. The minimum Gasteiger partial charge on any atom is -0.441 e. The molecule has 0 aliphatic carbocycles. The fourth-order valence-electron chi connectivity index (χ4n) is 3.09. The molecule has 3 nitrogen and oxygen atoms in total. The maximum atomic E-state index is 12.8. The van der Waals surface area contributed by atoms with Crippen LogP contribution in [0.5, 0.6) is 0 Å². The summed E-state index contributed by atoms with van der Waals surface area (Å²) < 4.78 is 6.14. The molecule has 3 aromatic rings. The second kappa shape index (κ2) is 8.28. The maximum Gasteiger partial charge on any atom is 0.335 e. The smallest absolute Gasteiger partial charge is 0.335 e. The van der Waals surface area contributed by atoms with Crippen LogP contribution in [0.3, 0.4) is 0 Å². The first-order valence-corrected chi connectivity index (χ1v) is 8.70. The number of benzene rings is 3. The van der Waals surface area contributed by atoms with E-state index in [2.05, 4.69) is 0 Å². The Labute approximate surface area is 158 Å². The number of esters is 1. The maximum absolute atomic E-state index is 12.8. The highest BCUT2D eigenvalue weighted by Gasteiger charge is 2.40. The highest BCUT2D eigenvalue weighted by Crippen LogP contribution is 2.40. The van der Waals surface area contributed by atoms with Crippen molar-refractivity contribution in [2.45, 2.75) is 12.5 Å². The fraction of sp³-hybridized carbons (Fsp3) is 0.0833. The molecule has 0 spiro atoms. The Balaban J connectivity index is 2.28. The van der Waals surface area contributed by atoms with E-state index in [9.17, 15) is 9.59 Å². The van der Waals surface area contributed by atoms with Crippen molar-refractivity contribution in [2.24, 2.45) is 0 Å². The van der Waals surface area contributed by atoms with Gasteiger partial charge in [0, 0.05) is 22.3 Å². The van der Waals surface area contributed by atoms with Crippen LogP contribution in [0.15, 0.2) is 103 Å². The van der Waals surface area contributed by atoms with Gasteiger partial charge in [0.1, 0.15) is 6.29 Å². The van der Waals surface area contributed by atoms with Gasteiger partial charge in [0.2, 0.25) is 0 Å². The third-order valence-electron chi connectivity index (χ3n) is 4.43. The third kappa shape index (κ3) is 3.72. The van der Waals surface area contributed by atoms with E-state index in [4.69, 9.17) is 4.74 Å². The minimum atomic E-state index is -1.13. The topological polar surface area (TPSA) is 43.4 Å². The molecule has 134 valence electrons. The minimum absolute atomic E-state index is 0.247. The first-order valence-electron chi connectivity index (χ1n) is 8.70. The van der Waals surface area contributed by atoms with E-state index in [-0.39, 0.29) is 5.57 Å². The highest BCUT2D eigenvalue weighted by atomic mass is 16.6. The van der Waals surface area contributed by atoms with Crippen LogP contribution in [-0.2, 0) is 19.9 Å². The van der Waals surface area contributed by atoms with Crippen LogP contribution in [-0.4, -0.2) is 12.3 Å². The van der Waals surface area contributed by atoms with Crippen LogP contribution < -0.4 is 0 Å². The van der Waals surface area contributed by atoms with Crippen molar-refractivity contribution >= 4 is 12.3 Å². The Kier molecular flexibility index (Phi) is 5.62. The molecule has 0 fully saturated rings. The number of hydrogen-bond donors (Lipinski definition) is 0. The van der Waals surface area contributed by atoms with E-state index >= 15 is 0 Å². The number of carbonyl (C=O) groups is 2. The molecule has 0 aliphatic heterocycles. The van der Waals surface area contributed by atoms with Gasteiger partial charge in [0.05, 0.1) is 0 Å². The molecule has 3 aromatic carbocycles. The number of hydrogen-bond acceptors (Lipinski definition) is 3. The number of ether oxygens (including phenoxy) is 1. The van der Waals surface area contributed by atoms with Crippen LogP contribution >= 0.6 is 0 Å². The number of rotatable bonds is 6. The van der Waals surface area contributed by atoms with Gasteiger partial charge in [-0.2, -0.15) is 0 Å². The summed E-state index contributed by atoms with van der Waals surface area (Å²) >= 11 is 0. The summed E-state index contributed by atoms with van der Waals surface area (Å²) in [6.07, 6.45) is 1.81. The summed E-state index contributed by atoms with van der Waals surface area (Å²) in [7, 11) is 0. The third-order valence-corrected chi connectivity index (χ3v) is 4.43. The Morgan fingerprint density at radius 3 is 1.44 bits per heavy atom. The predicted molar refractivity (Wildman–Crippen MR) is 105 cm³/mol. The van der Waals surface area contributed by atoms with Crippen LogP contribution in [0, 0.1) is 0 Å². The molecule has 0 atom stereocenters. The van der Waals surface area contributed by atoms with Gasteiger partial charge in [-0.25, -0.2) is 4.79 Å². The molecule has 0 saturated heterocycles. The summed E-state index contributed by atoms with van der Waals surface area (Å²) in [5.74, 6) is -0.543. The van der Waals surface area contributed by atoms with Crippen molar-refractivity contribution in [1.82, 2.24) is 0 Å².